The average Bonchev–Trinajstić information content (AvgIpc) is 2.90. The summed E-state index contributed by atoms with van der Waals surface area (Å²) in [5, 5.41) is 0. The molecular weight excluding hydrogens is 289 g/mol. The summed E-state index contributed by atoms with van der Waals surface area (Å²) >= 11 is 5.01. The second kappa shape index (κ2) is 6.95. The lowest BCUT2D eigenvalue weighted by molar-refractivity contribution is -0.119. The molecule has 4 nitrogen and oxygen atoms in total. The van der Waals surface area contributed by atoms with Crippen LogP contribution in [0.1, 0.15) is 36.8 Å². The van der Waals surface area contributed by atoms with E-state index < -0.39 is 0 Å². The summed E-state index contributed by atoms with van der Waals surface area (Å²) in [5.41, 5.74) is 12.4. The summed E-state index contributed by atoms with van der Waals surface area (Å²) < 4.78 is 13.5. The van der Waals surface area contributed by atoms with Gasteiger partial charge in [0.25, 0.3) is 0 Å². The summed E-state index contributed by atoms with van der Waals surface area (Å²) in [6.45, 7) is 0.593. The molecule has 1 aliphatic carbocycles. The van der Waals surface area contributed by atoms with E-state index in [0.717, 1.165) is 25.7 Å². The highest BCUT2D eigenvalue weighted by molar-refractivity contribution is 7.80. The number of halogens is 1. The van der Waals surface area contributed by atoms with Gasteiger partial charge in [0, 0.05) is 18.2 Å². The van der Waals surface area contributed by atoms with Crippen molar-refractivity contribution in [2.75, 3.05) is 6.54 Å². The maximum absolute atomic E-state index is 13.5. The molecular formula is C15H20FN3OS. The molecule has 0 spiro atoms. The minimum atomic E-state index is -0.379. The van der Waals surface area contributed by atoms with Gasteiger partial charge >= 0.3 is 0 Å². The van der Waals surface area contributed by atoms with Gasteiger partial charge in [0.15, 0.2) is 0 Å². The van der Waals surface area contributed by atoms with Gasteiger partial charge in [0.1, 0.15) is 10.8 Å². The molecule has 6 heteroatoms. The van der Waals surface area contributed by atoms with E-state index in [2.05, 4.69) is 0 Å². The van der Waals surface area contributed by atoms with Gasteiger partial charge in [-0.05, 0) is 36.6 Å². The molecule has 0 heterocycles. The van der Waals surface area contributed by atoms with Crippen molar-refractivity contribution in [3.63, 3.8) is 0 Å². The maximum Gasteiger partial charge on any atom is 0.231 e. The zero-order chi connectivity index (χ0) is 15.4. The number of amides is 1. The number of carbonyl (C=O) groups is 1. The highest BCUT2D eigenvalue weighted by Crippen LogP contribution is 2.25. The predicted octanol–water partition coefficient (Wildman–Crippen LogP) is 1.69. The van der Waals surface area contributed by atoms with E-state index in [1.807, 2.05) is 4.90 Å². The van der Waals surface area contributed by atoms with E-state index >= 15 is 0 Å². The second-order valence-corrected chi connectivity index (χ2v) is 5.92. The smallest absolute Gasteiger partial charge is 0.231 e. The SMILES string of the molecule is NC(=O)CN(Cc1cc(F)ccc1C(N)=S)C1CCCC1. The Balaban J connectivity index is 2.24. The monoisotopic (exact) mass is 309 g/mol. The number of nitrogens with two attached hydrogens (primary N) is 2. The van der Waals surface area contributed by atoms with Gasteiger partial charge in [-0.1, -0.05) is 25.1 Å². The van der Waals surface area contributed by atoms with Crippen LogP contribution >= 0.6 is 12.2 Å². The molecule has 2 rings (SSSR count). The molecule has 1 aromatic carbocycles. The number of nitrogens with zero attached hydrogens (tertiary/aromatic N) is 1. The Morgan fingerprint density at radius 2 is 2.00 bits per heavy atom. The van der Waals surface area contributed by atoms with Crippen molar-refractivity contribution in [1.29, 1.82) is 0 Å². The van der Waals surface area contributed by atoms with Crippen LogP contribution in [-0.2, 0) is 11.3 Å². The molecule has 0 atom stereocenters. The first-order valence-electron chi connectivity index (χ1n) is 7.08. The zero-order valence-electron chi connectivity index (χ0n) is 11.8. The van der Waals surface area contributed by atoms with Crippen LogP contribution in [0.4, 0.5) is 4.39 Å². The lowest BCUT2D eigenvalue weighted by atomic mass is 10.1. The third-order valence-corrected chi connectivity index (χ3v) is 4.13. The Labute approximate surface area is 129 Å². The molecule has 1 saturated carbocycles. The molecule has 4 N–H and O–H groups in total. The largest absolute Gasteiger partial charge is 0.389 e. The third kappa shape index (κ3) is 4.22. The Morgan fingerprint density at radius 1 is 1.33 bits per heavy atom. The number of benzene rings is 1. The number of primary amides is 1. The highest BCUT2D eigenvalue weighted by atomic mass is 32.1. The predicted molar refractivity (Wildman–Crippen MR) is 84.1 cm³/mol. The number of hydrogen-bond acceptors (Lipinski definition) is 3. The minimum absolute atomic E-state index is 0.165. The van der Waals surface area contributed by atoms with Gasteiger partial charge in [-0.2, -0.15) is 0 Å². The molecule has 0 aromatic heterocycles. The van der Waals surface area contributed by atoms with Crippen molar-refractivity contribution < 1.29 is 9.18 Å². The molecule has 1 fully saturated rings. The first kappa shape index (κ1) is 15.9. The van der Waals surface area contributed by atoms with Crippen LogP contribution in [0.25, 0.3) is 0 Å². The van der Waals surface area contributed by atoms with Gasteiger partial charge in [-0.15, -0.1) is 0 Å². The number of hydrogen-bond donors (Lipinski definition) is 2. The summed E-state index contributed by atoms with van der Waals surface area (Å²) in [6.07, 6.45) is 4.35. The molecule has 0 unspecified atom stereocenters. The van der Waals surface area contributed by atoms with E-state index in [1.165, 1.54) is 12.1 Å². The molecule has 0 radical (unpaired) electrons. The van der Waals surface area contributed by atoms with Crippen molar-refractivity contribution in [3.05, 3.63) is 35.1 Å². The normalized spacial score (nSPS) is 15.5. The van der Waals surface area contributed by atoms with Gasteiger partial charge in [0.05, 0.1) is 6.54 Å². The Morgan fingerprint density at radius 3 is 2.57 bits per heavy atom. The van der Waals surface area contributed by atoms with Crippen molar-refractivity contribution in [2.24, 2.45) is 11.5 Å². The Kier molecular flexibility index (Phi) is 5.25. The fourth-order valence-electron chi connectivity index (χ4n) is 2.94. The van der Waals surface area contributed by atoms with Crippen LogP contribution in [0.5, 0.6) is 0 Å². The third-order valence-electron chi connectivity index (χ3n) is 3.91. The summed E-state index contributed by atoms with van der Waals surface area (Å²) in [7, 11) is 0. The number of carbonyl (C=O) groups excluding carboxylic acids is 1. The summed E-state index contributed by atoms with van der Waals surface area (Å²) in [5.74, 6) is -0.717. The number of rotatable bonds is 6. The average molecular weight is 309 g/mol. The molecule has 1 aromatic rings. The highest BCUT2D eigenvalue weighted by Gasteiger charge is 2.24. The van der Waals surface area contributed by atoms with E-state index in [9.17, 15) is 9.18 Å². The fourth-order valence-corrected chi connectivity index (χ4v) is 3.14. The van der Waals surface area contributed by atoms with Crippen molar-refractivity contribution in [1.82, 2.24) is 4.90 Å². The fraction of sp³-hybridized carbons (Fsp3) is 0.467. The van der Waals surface area contributed by atoms with Gasteiger partial charge in [-0.25, -0.2) is 4.39 Å². The Hall–Kier alpha value is -1.53. The number of thiocarbonyl (C=S) groups is 1. The van der Waals surface area contributed by atoms with Crippen molar-refractivity contribution >= 4 is 23.1 Å². The van der Waals surface area contributed by atoms with Crippen LogP contribution in [-0.4, -0.2) is 28.4 Å². The topological polar surface area (TPSA) is 72.4 Å². The molecule has 0 bridgehead atoms. The zero-order valence-corrected chi connectivity index (χ0v) is 12.7. The van der Waals surface area contributed by atoms with Crippen LogP contribution in [0, 0.1) is 5.82 Å². The Bertz CT molecular complexity index is 544. The quantitative estimate of drug-likeness (QED) is 0.784. The molecule has 0 aliphatic heterocycles. The molecule has 1 amide bonds. The van der Waals surface area contributed by atoms with Crippen LogP contribution < -0.4 is 11.5 Å². The maximum atomic E-state index is 13.5. The molecule has 1 aliphatic rings. The lowest BCUT2D eigenvalue weighted by Gasteiger charge is -2.28. The van der Waals surface area contributed by atoms with E-state index in [0.29, 0.717) is 23.7 Å². The van der Waals surface area contributed by atoms with Crippen LogP contribution in [0.3, 0.4) is 0 Å². The summed E-state index contributed by atoms with van der Waals surface area (Å²) in [6, 6.07) is 4.66. The van der Waals surface area contributed by atoms with Crippen LogP contribution in [0.2, 0.25) is 0 Å². The molecule has 21 heavy (non-hydrogen) atoms. The van der Waals surface area contributed by atoms with Gasteiger partial charge < -0.3 is 11.5 Å². The first-order valence-corrected chi connectivity index (χ1v) is 7.49. The minimum Gasteiger partial charge on any atom is -0.389 e. The first-order chi connectivity index (χ1) is 9.97. The molecule has 114 valence electrons. The van der Waals surface area contributed by atoms with Gasteiger partial charge in [-0.3, -0.25) is 9.69 Å². The van der Waals surface area contributed by atoms with E-state index in [-0.39, 0.29) is 23.3 Å². The van der Waals surface area contributed by atoms with Crippen LogP contribution in [0.15, 0.2) is 18.2 Å². The van der Waals surface area contributed by atoms with E-state index in [1.54, 1.807) is 6.07 Å². The van der Waals surface area contributed by atoms with E-state index in [4.69, 9.17) is 23.7 Å². The van der Waals surface area contributed by atoms with Crippen molar-refractivity contribution in [2.45, 2.75) is 38.3 Å². The summed E-state index contributed by atoms with van der Waals surface area (Å²) in [4.78, 5) is 13.5. The molecule has 0 saturated heterocycles. The van der Waals surface area contributed by atoms with Crippen molar-refractivity contribution in [3.8, 4) is 0 Å². The lowest BCUT2D eigenvalue weighted by Crippen LogP contribution is -2.40. The standard InChI is InChI=1S/C15H20FN3OS/c16-11-5-6-13(15(18)21)10(7-11)8-19(9-14(17)20)12-3-1-2-4-12/h5-7,12H,1-4,8-9H2,(H2,17,20)(H2,18,21). The van der Waals surface area contributed by atoms with Gasteiger partial charge in [0.2, 0.25) is 5.91 Å². The second-order valence-electron chi connectivity index (χ2n) is 5.48.